The summed E-state index contributed by atoms with van der Waals surface area (Å²) < 4.78 is -0.475. The highest BCUT2D eigenvalue weighted by molar-refractivity contribution is 8.00. The lowest BCUT2D eigenvalue weighted by molar-refractivity contribution is -0.109. The van der Waals surface area contributed by atoms with E-state index in [2.05, 4.69) is 12.1 Å². The molecule has 0 N–H and O–H groups in total. The summed E-state index contributed by atoms with van der Waals surface area (Å²) in [7, 11) is 0. The average molecular weight is 256 g/mol. The van der Waals surface area contributed by atoms with E-state index in [-0.39, 0.29) is 0 Å². The Morgan fingerprint density at radius 3 is 2.11 bits per heavy atom. The van der Waals surface area contributed by atoms with Crippen molar-refractivity contribution in [1.29, 1.82) is 0 Å². The molecule has 2 rings (SSSR count). The second-order valence-electron chi connectivity index (χ2n) is 4.37. The van der Waals surface area contributed by atoms with Crippen molar-refractivity contribution in [2.45, 2.75) is 17.4 Å². The lowest BCUT2D eigenvalue weighted by atomic mass is 10.0. The summed E-state index contributed by atoms with van der Waals surface area (Å²) in [5.74, 6) is 0.838. The minimum absolute atomic E-state index is 0.475. The van der Waals surface area contributed by atoms with Gasteiger partial charge in [0.15, 0.2) is 0 Å². The van der Waals surface area contributed by atoms with Crippen molar-refractivity contribution in [3.8, 4) is 0 Å². The Labute approximate surface area is 112 Å². The normalized spacial score (nSPS) is 13.8. The van der Waals surface area contributed by atoms with Crippen LogP contribution in [0.3, 0.4) is 0 Å². The second-order valence-corrected chi connectivity index (χ2v) is 5.79. The molecule has 0 aromatic heterocycles. The number of carbonyl (C=O) groups is 1. The fourth-order valence-corrected chi connectivity index (χ4v) is 2.79. The predicted octanol–water partition coefficient (Wildman–Crippen LogP) is 4.03. The van der Waals surface area contributed by atoms with Gasteiger partial charge in [0.25, 0.3) is 0 Å². The van der Waals surface area contributed by atoms with Crippen LogP contribution in [-0.4, -0.2) is 6.29 Å². The van der Waals surface area contributed by atoms with Crippen LogP contribution >= 0.6 is 11.8 Å². The number of rotatable bonds is 5. The average Bonchev–Trinajstić information content (AvgIpc) is 2.47. The smallest absolute Gasteiger partial charge is 0.140 e. The van der Waals surface area contributed by atoms with Gasteiger partial charge in [-0.05, 0) is 18.1 Å². The summed E-state index contributed by atoms with van der Waals surface area (Å²) in [4.78, 5) is 11.4. The van der Waals surface area contributed by atoms with Gasteiger partial charge in [-0.3, -0.25) is 0 Å². The molecule has 0 aliphatic carbocycles. The highest BCUT2D eigenvalue weighted by Crippen LogP contribution is 2.36. The van der Waals surface area contributed by atoms with E-state index in [1.165, 1.54) is 5.56 Å². The van der Waals surface area contributed by atoms with Gasteiger partial charge in [0.1, 0.15) is 6.29 Å². The molecule has 1 unspecified atom stereocenters. The number of hydrogen-bond acceptors (Lipinski definition) is 2. The summed E-state index contributed by atoms with van der Waals surface area (Å²) >= 11 is 1.66. The number of thioether (sulfide) groups is 1. The van der Waals surface area contributed by atoms with E-state index in [0.717, 1.165) is 17.6 Å². The maximum Gasteiger partial charge on any atom is 0.140 e. The van der Waals surface area contributed by atoms with Crippen LogP contribution in [0.5, 0.6) is 0 Å². The molecule has 18 heavy (non-hydrogen) atoms. The lowest BCUT2D eigenvalue weighted by Crippen LogP contribution is -2.19. The van der Waals surface area contributed by atoms with Gasteiger partial charge in [-0.1, -0.05) is 60.7 Å². The fraction of sp³-hybridized carbons (Fsp3) is 0.188. The quantitative estimate of drug-likeness (QED) is 0.751. The van der Waals surface area contributed by atoms with E-state index in [1.807, 2.05) is 55.5 Å². The van der Waals surface area contributed by atoms with E-state index in [1.54, 1.807) is 11.8 Å². The predicted molar refractivity (Wildman–Crippen MR) is 77.6 cm³/mol. The molecule has 0 amide bonds. The van der Waals surface area contributed by atoms with Crippen molar-refractivity contribution in [3.63, 3.8) is 0 Å². The van der Waals surface area contributed by atoms with Gasteiger partial charge in [-0.2, -0.15) is 0 Å². The van der Waals surface area contributed by atoms with Crippen LogP contribution in [0, 0.1) is 0 Å². The summed E-state index contributed by atoms with van der Waals surface area (Å²) in [5, 5.41) is 0. The Balaban J connectivity index is 2.12. The van der Waals surface area contributed by atoms with Crippen LogP contribution in [0.4, 0.5) is 0 Å². The second kappa shape index (κ2) is 5.87. The Bertz CT molecular complexity index is 495. The summed E-state index contributed by atoms with van der Waals surface area (Å²) in [5.41, 5.74) is 2.30. The molecule has 0 heterocycles. The molecule has 1 atom stereocenters. The minimum Gasteiger partial charge on any atom is -0.301 e. The first-order valence-electron chi connectivity index (χ1n) is 5.94. The van der Waals surface area contributed by atoms with Crippen LogP contribution in [0.25, 0.3) is 0 Å². The largest absolute Gasteiger partial charge is 0.301 e. The molecule has 0 saturated carbocycles. The van der Waals surface area contributed by atoms with Gasteiger partial charge in [0, 0.05) is 5.75 Å². The zero-order chi connectivity index (χ0) is 12.8. The maximum absolute atomic E-state index is 11.4. The van der Waals surface area contributed by atoms with Crippen LogP contribution in [0.1, 0.15) is 18.1 Å². The molecule has 2 heteroatoms. The highest BCUT2D eigenvalue weighted by Gasteiger charge is 2.26. The Kier molecular flexibility index (Phi) is 4.21. The van der Waals surface area contributed by atoms with E-state index >= 15 is 0 Å². The molecule has 2 aromatic rings. The van der Waals surface area contributed by atoms with E-state index in [9.17, 15) is 4.79 Å². The summed E-state index contributed by atoms with van der Waals surface area (Å²) in [6.07, 6.45) is 1.04. The summed E-state index contributed by atoms with van der Waals surface area (Å²) in [6, 6.07) is 20.2. The third-order valence-electron chi connectivity index (χ3n) is 2.95. The highest BCUT2D eigenvalue weighted by atomic mass is 32.2. The van der Waals surface area contributed by atoms with Gasteiger partial charge in [-0.25, -0.2) is 0 Å². The van der Waals surface area contributed by atoms with Crippen LogP contribution in [0.15, 0.2) is 60.7 Å². The first-order chi connectivity index (χ1) is 8.74. The first kappa shape index (κ1) is 12.9. The number of aldehydes is 1. The zero-order valence-electron chi connectivity index (χ0n) is 10.4. The lowest BCUT2D eigenvalue weighted by Gasteiger charge is -2.23. The minimum atomic E-state index is -0.475. The SMILES string of the molecule is CC(C=O)(SCc1ccccc1)c1ccccc1. The summed E-state index contributed by atoms with van der Waals surface area (Å²) in [6.45, 7) is 1.98. The molecule has 1 nitrogen and oxygen atoms in total. The number of carbonyl (C=O) groups excluding carboxylic acids is 1. The molecule has 0 aliphatic heterocycles. The van der Waals surface area contributed by atoms with Crippen molar-refractivity contribution in [1.82, 2.24) is 0 Å². The Hall–Kier alpha value is -1.54. The molecule has 0 spiro atoms. The monoisotopic (exact) mass is 256 g/mol. The molecule has 0 bridgehead atoms. The molecule has 0 fully saturated rings. The van der Waals surface area contributed by atoms with Crippen LogP contribution in [-0.2, 0) is 15.3 Å². The van der Waals surface area contributed by atoms with Gasteiger partial charge in [0.2, 0.25) is 0 Å². The molecule has 2 aromatic carbocycles. The van der Waals surface area contributed by atoms with E-state index in [0.29, 0.717) is 0 Å². The Morgan fingerprint density at radius 1 is 1.00 bits per heavy atom. The first-order valence-corrected chi connectivity index (χ1v) is 6.93. The maximum atomic E-state index is 11.4. The molecule has 92 valence electrons. The van der Waals surface area contributed by atoms with Gasteiger partial charge < -0.3 is 4.79 Å². The number of benzene rings is 2. The zero-order valence-corrected chi connectivity index (χ0v) is 11.2. The van der Waals surface area contributed by atoms with Crippen molar-refractivity contribution in [2.24, 2.45) is 0 Å². The third-order valence-corrected chi connectivity index (χ3v) is 4.36. The van der Waals surface area contributed by atoms with Crippen molar-refractivity contribution < 1.29 is 4.79 Å². The number of hydrogen-bond donors (Lipinski definition) is 0. The molecular formula is C16H16OS. The van der Waals surface area contributed by atoms with Crippen molar-refractivity contribution >= 4 is 18.0 Å². The van der Waals surface area contributed by atoms with Crippen LogP contribution in [0.2, 0.25) is 0 Å². The molecular weight excluding hydrogens is 240 g/mol. The Morgan fingerprint density at radius 2 is 1.56 bits per heavy atom. The van der Waals surface area contributed by atoms with E-state index in [4.69, 9.17) is 0 Å². The van der Waals surface area contributed by atoms with Gasteiger partial charge in [0.05, 0.1) is 4.75 Å². The van der Waals surface area contributed by atoms with Crippen LogP contribution < -0.4 is 0 Å². The van der Waals surface area contributed by atoms with Crippen molar-refractivity contribution in [2.75, 3.05) is 0 Å². The van der Waals surface area contributed by atoms with Gasteiger partial charge in [-0.15, -0.1) is 11.8 Å². The van der Waals surface area contributed by atoms with Crippen molar-refractivity contribution in [3.05, 3.63) is 71.8 Å². The fourth-order valence-electron chi connectivity index (χ4n) is 1.76. The molecule has 0 radical (unpaired) electrons. The topological polar surface area (TPSA) is 17.1 Å². The third kappa shape index (κ3) is 3.02. The molecule has 0 saturated heterocycles. The van der Waals surface area contributed by atoms with Gasteiger partial charge >= 0.3 is 0 Å². The molecule has 0 aliphatic rings. The van der Waals surface area contributed by atoms with E-state index < -0.39 is 4.75 Å². The standard InChI is InChI=1S/C16H16OS/c1-16(13-17,15-10-6-3-7-11-15)18-12-14-8-4-2-5-9-14/h2-11,13H,12H2,1H3.